The third-order valence-corrected chi connectivity index (χ3v) is 4.90. The molecule has 0 spiro atoms. The predicted octanol–water partition coefficient (Wildman–Crippen LogP) is 3.13. The van der Waals surface area contributed by atoms with Gasteiger partial charge in [0.15, 0.2) is 0 Å². The van der Waals surface area contributed by atoms with Crippen LogP contribution in [0.1, 0.15) is 52.0 Å². The Hall–Kier alpha value is -1.42. The van der Waals surface area contributed by atoms with E-state index >= 15 is 0 Å². The van der Waals surface area contributed by atoms with Crippen LogP contribution in [0.2, 0.25) is 0 Å². The number of carbonyl (C=O) groups is 1. The molecule has 1 aliphatic rings. The Morgan fingerprint density at radius 1 is 1.36 bits per heavy atom. The first-order valence-corrected chi connectivity index (χ1v) is 8.05. The summed E-state index contributed by atoms with van der Waals surface area (Å²) in [6.45, 7) is 6.58. The second-order valence-electron chi connectivity index (χ2n) is 7.41. The molecule has 22 heavy (non-hydrogen) atoms. The normalized spacial score (nSPS) is 25.8. The molecule has 0 aromatic heterocycles. The lowest BCUT2D eigenvalue weighted by Gasteiger charge is -2.38. The molecule has 2 unspecified atom stereocenters. The van der Waals surface area contributed by atoms with Crippen LogP contribution in [-0.4, -0.2) is 18.0 Å². The molecule has 4 heteroatoms. The van der Waals surface area contributed by atoms with E-state index < -0.39 is 5.54 Å². The summed E-state index contributed by atoms with van der Waals surface area (Å²) in [4.78, 5) is 12.5. The Balaban J connectivity index is 1.99. The van der Waals surface area contributed by atoms with Crippen LogP contribution in [0.25, 0.3) is 0 Å². The number of nitrogens with one attached hydrogen (secondary N) is 1. The average Bonchev–Trinajstić information content (AvgIpc) is 2.45. The van der Waals surface area contributed by atoms with Crippen LogP contribution < -0.4 is 11.1 Å². The van der Waals surface area contributed by atoms with Crippen molar-refractivity contribution >= 4 is 5.91 Å². The summed E-state index contributed by atoms with van der Waals surface area (Å²) < 4.78 is 13.0. The number of hydrogen-bond donors (Lipinski definition) is 2. The third-order valence-electron chi connectivity index (χ3n) is 4.90. The maximum Gasteiger partial charge on any atom is 0.224 e. The molecule has 1 aromatic rings. The number of nitrogens with two attached hydrogens (primary N) is 1. The minimum absolute atomic E-state index is 0.0416. The molecule has 0 heterocycles. The minimum atomic E-state index is -0.414. The number of carbonyl (C=O) groups excluding carboxylic acids is 1. The molecule has 1 aromatic carbocycles. The van der Waals surface area contributed by atoms with E-state index in [0.29, 0.717) is 6.54 Å². The van der Waals surface area contributed by atoms with Gasteiger partial charge in [0.25, 0.3) is 0 Å². The molecule has 0 aliphatic heterocycles. The van der Waals surface area contributed by atoms with Crippen molar-refractivity contribution in [3.63, 3.8) is 0 Å². The smallest absolute Gasteiger partial charge is 0.224 e. The van der Waals surface area contributed by atoms with Gasteiger partial charge in [-0.3, -0.25) is 4.79 Å². The van der Waals surface area contributed by atoms with Crippen molar-refractivity contribution in [3.8, 4) is 0 Å². The van der Waals surface area contributed by atoms with Gasteiger partial charge in [0.1, 0.15) is 5.82 Å². The average molecular weight is 306 g/mol. The molecule has 1 saturated carbocycles. The molecule has 1 aliphatic carbocycles. The van der Waals surface area contributed by atoms with Crippen molar-refractivity contribution in [3.05, 3.63) is 35.6 Å². The molecule has 0 saturated heterocycles. The summed E-state index contributed by atoms with van der Waals surface area (Å²) in [5.41, 5.74) is 6.63. The molecular weight excluding hydrogens is 279 g/mol. The summed E-state index contributed by atoms with van der Waals surface area (Å²) in [7, 11) is 0. The SMILES string of the molecule is CC(C)(CNC(=O)C1CCCCC1(C)N)c1ccc(F)cc1. The number of halogens is 1. The van der Waals surface area contributed by atoms with Crippen LogP contribution in [0.4, 0.5) is 4.39 Å². The van der Waals surface area contributed by atoms with E-state index in [1.165, 1.54) is 12.1 Å². The maximum absolute atomic E-state index is 13.0. The predicted molar refractivity (Wildman–Crippen MR) is 87.0 cm³/mol. The fourth-order valence-electron chi connectivity index (χ4n) is 3.22. The van der Waals surface area contributed by atoms with Crippen molar-refractivity contribution in [2.24, 2.45) is 11.7 Å². The lowest BCUT2D eigenvalue weighted by molar-refractivity contribution is -0.128. The van der Waals surface area contributed by atoms with Crippen LogP contribution in [0.5, 0.6) is 0 Å². The van der Waals surface area contributed by atoms with Gasteiger partial charge in [0, 0.05) is 17.5 Å². The maximum atomic E-state index is 13.0. The molecule has 0 radical (unpaired) electrons. The van der Waals surface area contributed by atoms with E-state index in [9.17, 15) is 9.18 Å². The Labute approximate surface area is 132 Å². The van der Waals surface area contributed by atoms with E-state index in [-0.39, 0.29) is 23.1 Å². The summed E-state index contributed by atoms with van der Waals surface area (Å²) in [6.07, 6.45) is 3.91. The number of hydrogen-bond acceptors (Lipinski definition) is 2. The summed E-state index contributed by atoms with van der Waals surface area (Å²) in [5, 5.41) is 3.05. The van der Waals surface area contributed by atoms with Crippen molar-refractivity contribution in [1.82, 2.24) is 5.32 Å². The molecular formula is C18H27FN2O. The summed E-state index contributed by atoms with van der Waals surface area (Å²) >= 11 is 0. The van der Waals surface area contributed by atoms with Crippen LogP contribution in [0, 0.1) is 11.7 Å². The minimum Gasteiger partial charge on any atom is -0.355 e. The van der Waals surface area contributed by atoms with E-state index in [0.717, 1.165) is 31.2 Å². The highest BCUT2D eigenvalue weighted by atomic mass is 19.1. The zero-order valence-electron chi connectivity index (χ0n) is 13.8. The highest BCUT2D eigenvalue weighted by Gasteiger charge is 2.38. The van der Waals surface area contributed by atoms with Crippen molar-refractivity contribution in [1.29, 1.82) is 0 Å². The van der Waals surface area contributed by atoms with Gasteiger partial charge in [-0.1, -0.05) is 38.8 Å². The number of benzene rings is 1. The first-order valence-electron chi connectivity index (χ1n) is 8.05. The first-order chi connectivity index (χ1) is 10.2. The lowest BCUT2D eigenvalue weighted by Crippen LogP contribution is -2.54. The van der Waals surface area contributed by atoms with Gasteiger partial charge in [0.2, 0.25) is 5.91 Å². The van der Waals surface area contributed by atoms with Crippen molar-refractivity contribution in [2.45, 2.75) is 57.4 Å². The second kappa shape index (κ2) is 6.37. The number of rotatable bonds is 4. The third kappa shape index (κ3) is 3.86. The van der Waals surface area contributed by atoms with E-state index in [1.807, 2.05) is 20.8 Å². The molecule has 3 N–H and O–H groups in total. The largest absolute Gasteiger partial charge is 0.355 e. The monoisotopic (exact) mass is 306 g/mol. The van der Waals surface area contributed by atoms with Gasteiger partial charge in [-0.15, -0.1) is 0 Å². The van der Waals surface area contributed by atoms with Gasteiger partial charge < -0.3 is 11.1 Å². The van der Waals surface area contributed by atoms with Gasteiger partial charge in [-0.2, -0.15) is 0 Å². The molecule has 3 nitrogen and oxygen atoms in total. The quantitative estimate of drug-likeness (QED) is 0.898. The Kier molecular flexibility index (Phi) is 4.90. The van der Waals surface area contributed by atoms with Gasteiger partial charge in [-0.05, 0) is 37.5 Å². The van der Waals surface area contributed by atoms with Gasteiger partial charge in [-0.25, -0.2) is 4.39 Å². The zero-order valence-corrected chi connectivity index (χ0v) is 13.8. The Morgan fingerprint density at radius 3 is 2.59 bits per heavy atom. The fourth-order valence-corrected chi connectivity index (χ4v) is 3.22. The summed E-state index contributed by atoms with van der Waals surface area (Å²) in [5.74, 6) is -0.324. The highest BCUT2D eigenvalue weighted by Crippen LogP contribution is 2.32. The highest BCUT2D eigenvalue weighted by molar-refractivity contribution is 5.80. The van der Waals surface area contributed by atoms with E-state index in [2.05, 4.69) is 5.32 Å². The first kappa shape index (κ1) is 16.9. The lowest BCUT2D eigenvalue weighted by atomic mass is 9.74. The standard InChI is InChI=1S/C18H27FN2O/c1-17(2,13-7-9-14(19)10-8-13)12-21-16(22)15-6-4-5-11-18(15,3)20/h7-10,15H,4-6,11-12,20H2,1-3H3,(H,21,22). The van der Waals surface area contributed by atoms with Crippen LogP contribution >= 0.6 is 0 Å². The number of amides is 1. The van der Waals surface area contributed by atoms with E-state index in [1.54, 1.807) is 12.1 Å². The molecule has 1 amide bonds. The second-order valence-corrected chi connectivity index (χ2v) is 7.41. The summed E-state index contributed by atoms with van der Waals surface area (Å²) in [6, 6.07) is 6.46. The molecule has 0 bridgehead atoms. The van der Waals surface area contributed by atoms with Gasteiger partial charge in [0.05, 0.1) is 5.92 Å². The Bertz CT molecular complexity index is 522. The topological polar surface area (TPSA) is 55.1 Å². The van der Waals surface area contributed by atoms with Crippen molar-refractivity contribution < 1.29 is 9.18 Å². The van der Waals surface area contributed by atoms with Crippen molar-refractivity contribution in [2.75, 3.05) is 6.54 Å². The fraction of sp³-hybridized carbons (Fsp3) is 0.611. The van der Waals surface area contributed by atoms with Gasteiger partial charge >= 0.3 is 0 Å². The van der Waals surface area contributed by atoms with Crippen LogP contribution in [0.15, 0.2) is 24.3 Å². The van der Waals surface area contributed by atoms with E-state index in [4.69, 9.17) is 5.73 Å². The molecule has 2 atom stereocenters. The zero-order chi connectivity index (χ0) is 16.4. The molecule has 122 valence electrons. The van der Waals surface area contributed by atoms with Crippen LogP contribution in [0.3, 0.4) is 0 Å². The Morgan fingerprint density at radius 2 is 2.00 bits per heavy atom. The van der Waals surface area contributed by atoms with Crippen LogP contribution in [-0.2, 0) is 10.2 Å². The molecule has 2 rings (SSSR count). The molecule has 1 fully saturated rings.